The van der Waals surface area contributed by atoms with Crippen molar-refractivity contribution in [3.05, 3.63) is 65.2 Å². The van der Waals surface area contributed by atoms with Gasteiger partial charge in [0, 0.05) is 12.6 Å². The van der Waals surface area contributed by atoms with Crippen LogP contribution in [0.25, 0.3) is 0 Å². The number of anilines is 1. The first-order valence-corrected chi connectivity index (χ1v) is 8.21. The Morgan fingerprint density at radius 3 is 2.38 bits per heavy atom. The second kappa shape index (κ2) is 8.29. The lowest BCUT2D eigenvalue weighted by Crippen LogP contribution is -2.30. The van der Waals surface area contributed by atoms with E-state index < -0.39 is 0 Å². The molecule has 0 aliphatic carbocycles. The minimum absolute atomic E-state index is 0.110. The van der Waals surface area contributed by atoms with Gasteiger partial charge in [0.1, 0.15) is 0 Å². The molecule has 2 aromatic rings. The number of carbonyl (C=O) groups is 2. The Labute approximate surface area is 143 Å². The molecule has 4 nitrogen and oxygen atoms in total. The molecular weight excluding hydrogens is 300 g/mol. The molecule has 0 aliphatic rings. The van der Waals surface area contributed by atoms with Crippen LogP contribution in [0.1, 0.15) is 43.0 Å². The van der Waals surface area contributed by atoms with E-state index in [-0.39, 0.29) is 24.3 Å². The van der Waals surface area contributed by atoms with Gasteiger partial charge in [-0.05, 0) is 30.0 Å². The Balaban J connectivity index is 2.15. The van der Waals surface area contributed by atoms with Crippen molar-refractivity contribution in [2.45, 2.75) is 39.7 Å². The highest BCUT2D eigenvalue weighted by molar-refractivity contribution is 5.93. The maximum Gasteiger partial charge on any atom is 0.226 e. The van der Waals surface area contributed by atoms with Gasteiger partial charge in [-0.3, -0.25) is 9.59 Å². The average molecular weight is 324 g/mol. The van der Waals surface area contributed by atoms with Gasteiger partial charge in [-0.1, -0.05) is 55.5 Å². The Kier molecular flexibility index (Phi) is 6.13. The van der Waals surface area contributed by atoms with Crippen LogP contribution in [0.15, 0.2) is 48.5 Å². The minimum Gasteiger partial charge on any atom is -0.349 e. The zero-order chi connectivity index (χ0) is 17.5. The molecule has 126 valence electrons. The zero-order valence-electron chi connectivity index (χ0n) is 14.4. The first-order valence-electron chi connectivity index (χ1n) is 8.21. The molecular formula is C20H24N2O2. The summed E-state index contributed by atoms with van der Waals surface area (Å²) in [5.41, 5.74) is 3.95. The predicted octanol–water partition coefficient (Wildman–Crippen LogP) is 3.76. The van der Waals surface area contributed by atoms with Gasteiger partial charge < -0.3 is 10.6 Å². The third-order valence-corrected chi connectivity index (χ3v) is 3.97. The van der Waals surface area contributed by atoms with E-state index in [0.717, 1.165) is 28.8 Å². The van der Waals surface area contributed by atoms with Crippen molar-refractivity contribution in [1.29, 1.82) is 0 Å². The first-order chi connectivity index (χ1) is 11.5. The number of para-hydroxylation sites is 1. The van der Waals surface area contributed by atoms with E-state index in [9.17, 15) is 9.59 Å². The summed E-state index contributed by atoms with van der Waals surface area (Å²) in [6.07, 6.45) is 1.05. The second-order valence-corrected chi connectivity index (χ2v) is 5.88. The molecule has 2 aromatic carbocycles. The Hall–Kier alpha value is -2.62. The van der Waals surface area contributed by atoms with Gasteiger partial charge in [-0.15, -0.1) is 0 Å². The van der Waals surface area contributed by atoms with Crippen LogP contribution in [0, 0.1) is 6.92 Å². The van der Waals surface area contributed by atoms with Crippen LogP contribution >= 0.6 is 0 Å². The van der Waals surface area contributed by atoms with Crippen LogP contribution in [-0.2, 0) is 16.0 Å². The molecule has 1 unspecified atom stereocenters. The van der Waals surface area contributed by atoms with E-state index in [0.29, 0.717) is 0 Å². The van der Waals surface area contributed by atoms with Crippen molar-refractivity contribution in [3.63, 3.8) is 0 Å². The highest BCUT2D eigenvalue weighted by atomic mass is 16.2. The number of carbonyl (C=O) groups excluding carboxylic acids is 2. The highest BCUT2D eigenvalue weighted by Gasteiger charge is 2.18. The fourth-order valence-corrected chi connectivity index (χ4v) is 2.76. The van der Waals surface area contributed by atoms with Crippen LogP contribution in [0.5, 0.6) is 0 Å². The smallest absolute Gasteiger partial charge is 0.226 e. The van der Waals surface area contributed by atoms with Crippen LogP contribution < -0.4 is 10.6 Å². The molecule has 2 rings (SSSR count). The molecule has 2 amide bonds. The van der Waals surface area contributed by atoms with Crippen molar-refractivity contribution in [2.24, 2.45) is 0 Å². The number of hydrogen-bond donors (Lipinski definition) is 2. The standard InChI is InChI=1S/C20H24N2O2/c1-4-16-12-8-9-14(2)20(16)22-19(24)13-18(21-15(3)23)17-10-6-5-7-11-17/h5-12,18H,4,13H2,1-3H3,(H,21,23)(H,22,24). The molecule has 0 saturated carbocycles. The zero-order valence-corrected chi connectivity index (χ0v) is 14.4. The van der Waals surface area contributed by atoms with Crippen LogP contribution in [-0.4, -0.2) is 11.8 Å². The van der Waals surface area contributed by atoms with Crippen molar-refractivity contribution >= 4 is 17.5 Å². The number of hydrogen-bond acceptors (Lipinski definition) is 2. The summed E-state index contributed by atoms with van der Waals surface area (Å²) in [5.74, 6) is -0.261. The van der Waals surface area contributed by atoms with Gasteiger partial charge in [0.25, 0.3) is 0 Å². The lowest BCUT2D eigenvalue weighted by atomic mass is 10.0. The predicted molar refractivity (Wildman–Crippen MR) is 96.8 cm³/mol. The Morgan fingerprint density at radius 1 is 1.04 bits per heavy atom. The Morgan fingerprint density at radius 2 is 1.75 bits per heavy atom. The average Bonchev–Trinajstić information content (AvgIpc) is 2.56. The maximum absolute atomic E-state index is 12.5. The highest BCUT2D eigenvalue weighted by Crippen LogP contribution is 2.23. The topological polar surface area (TPSA) is 58.2 Å². The monoisotopic (exact) mass is 324 g/mol. The lowest BCUT2D eigenvalue weighted by molar-refractivity contribution is -0.120. The van der Waals surface area contributed by atoms with E-state index in [1.54, 1.807) is 0 Å². The number of benzene rings is 2. The molecule has 2 N–H and O–H groups in total. The summed E-state index contributed by atoms with van der Waals surface area (Å²) in [6.45, 7) is 5.51. The van der Waals surface area contributed by atoms with Crippen molar-refractivity contribution in [2.75, 3.05) is 5.32 Å². The molecule has 0 aromatic heterocycles. The molecule has 0 spiro atoms. The molecule has 0 heterocycles. The quantitative estimate of drug-likeness (QED) is 0.850. The van der Waals surface area contributed by atoms with E-state index in [2.05, 4.69) is 17.6 Å². The van der Waals surface area contributed by atoms with Gasteiger partial charge in [-0.2, -0.15) is 0 Å². The number of nitrogens with one attached hydrogen (secondary N) is 2. The summed E-state index contributed by atoms with van der Waals surface area (Å²) < 4.78 is 0. The summed E-state index contributed by atoms with van der Waals surface area (Å²) in [6, 6.07) is 15.2. The molecule has 0 saturated heterocycles. The molecule has 0 aliphatic heterocycles. The van der Waals surface area contributed by atoms with Crippen LogP contribution in [0.2, 0.25) is 0 Å². The van der Waals surface area contributed by atoms with Crippen molar-refractivity contribution < 1.29 is 9.59 Å². The molecule has 24 heavy (non-hydrogen) atoms. The van der Waals surface area contributed by atoms with E-state index >= 15 is 0 Å². The molecule has 0 radical (unpaired) electrons. The summed E-state index contributed by atoms with van der Waals surface area (Å²) in [5, 5.41) is 5.87. The summed E-state index contributed by atoms with van der Waals surface area (Å²) in [7, 11) is 0. The molecule has 4 heteroatoms. The molecule has 1 atom stereocenters. The van der Waals surface area contributed by atoms with Gasteiger partial charge in [0.05, 0.1) is 12.5 Å². The number of amides is 2. The maximum atomic E-state index is 12.5. The fraction of sp³-hybridized carbons (Fsp3) is 0.300. The fourth-order valence-electron chi connectivity index (χ4n) is 2.76. The van der Waals surface area contributed by atoms with Crippen LogP contribution in [0.4, 0.5) is 5.69 Å². The molecule has 0 fully saturated rings. The SMILES string of the molecule is CCc1cccc(C)c1NC(=O)CC(NC(C)=O)c1ccccc1. The third kappa shape index (κ3) is 4.69. The number of rotatable bonds is 6. The van der Waals surface area contributed by atoms with Gasteiger partial charge in [0.15, 0.2) is 0 Å². The second-order valence-electron chi connectivity index (χ2n) is 5.88. The van der Waals surface area contributed by atoms with Gasteiger partial charge in [0.2, 0.25) is 11.8 Å². The number of aryl methyl sites for hydroxylation is 2. The third-order valence-electron chi connectivity index (χ3n) is 3.97. The largest absolute Gasteiger partial charge is 0.349 e. The van der Waals surface area contributed by atoms with Crippen molar-refractivity contribution in [3.8, 4) is 0 Å². The van der Waals surface area contributed by atoms with E-state index in [1.165, 1.54) is 6.92 Å². The normalized spacial score (nSPS) is 11.6. The first kappa shape index (κ1) is 17.7. The van der Waals surface area contributed by atoms with E-state index in [4.69, 9.17) is 0 Å². The summed E-state index contributed by atoms with van der Waals surface area (Å²) >= 11 is 0. The lowest BCUT2D eigenvalue weighted by Gasteiger charge is -2.19. The van der Waals surface area contributed by atoms with Gasteiger partial charge in [-0.25, -0.2) is 0 Å². The van der Waals surface area contributed by atoms with E-state index in [1.807, 2.05) is 55.5 Å². The van der Waals surface area contributed by atoms with Crippen molar-refractivity contribution in [1.82, 2.24) is 5.32 Å². The Bertz CT molecular complexity index is 711. The molecule has 0 bridgehead atoms. The minimum atomic E-state index is -0.335. The van der Waals surface area contributed by atoms with Gasteiger partial charge >= 0.3 is 0 Å². The van der Waals surface area contributed by atoms with Crippen LogP contribution in [0.3, 0.4) is 0 Å². The summed E-state index contributed by atoms with van der Waals surface area (Å²) in [4.78, 5) is 24.0.